The molecule has 0 spiro atoms. The first-order valence-electron chi connectivity index (χ1n) is 12.0. The second-order valence-corrected chi connectivity index (χ2v) is 9.67. The Balaban J connectivity index is 1.21. The Labute approximate surface area is 197 Å². The number of aryl methyl sites for hydroxylation is 2. The number of morpholine rings is 1. The Hall–Kier alpha value is -3.20. The summed E-state index contributed by atoms with van der Waals surface area (Å²) in [6, 6.07) is 4.55. The van der Waals surface area contributed by atoms with Gasteiger partial charge in [-0.3, -0.25) is 4.79 Å². The van der Waals surface area contributed by atoms with Crippen LogP contribution in [0.5, 0.6) is 11.8 Å². The maximum Gasteiger partial charge on any atom is 0.316 e. The van der Waals surface area contributed by atoms with Crippen LogP contribution in [0.4, 0.5) is 5.69 Å². The van der Waals surface area contributed by atoms with E-state index >= 15 is 0 Å². The molecule has 0 N–H and O–H groups in total. The zero-order valence-corrected chi connectivity index (χ0v) is 19.5. The van der Waals surface area contributed by atoms with Crippen molar-refractivity contribution in [3.05, 3.63) is 46.6 Å². The predicted octanol–water partition coefficient (Wildman–Crippen LogP) is 2.78. The number of anilines is 1. The molecule has 0 radical (unpaired) electrons. The quantitative estimate of drug-likeness (QED) is 0.571. The van der Waals surface area contributed by atoms with Crippen LogP contribution in [0, 0.1) is 6.92 Å². The van der Waals surface area contributed by atoms with Crippen LogP contribution in [0.1, 0.15) is 37.7 Å². The van der Waals surface area contributed by atoms with E-state index in [1.54, 1.807) is 24.0 Å². The van der Waals surface area contributed by atoms with E-state index in [0.717, 1.165) is 67.5 Å². The highest BCUT2D eigenvalue weighted by Crippen LogP contribution is 2.37. The summed E-state index contributed by atoms with van der Waals surface area (Å²) in [6.45, 7) is 3.70. The zero-order valence-electron chi connectivity index (χ0n) is 19.5. The number of ether oxygens (including phenoxy) is 3. The first-order chi connectivity index (χ1) is 16.5. The van der Waals surface area contributed by atoms with Crippen LogP contribution in [-0.2, 0) is 11.8 Å². The number of fused-ring (bicyclic) bond motifs is 3. The Morgan fingerprint density at radius 3 is 2.26 bits per heavy atom. The standard InChI is InChI=1S/C25H29N5O4/c1-15-10-27-25(28-11-15)34-18-5-3-17(4-6-18)33-22-8-16(30-13-19-9-20(14-30)32-19)7-21-24(22)29(2)23(31)12-26-21/h7-8,10-12,17-20H,3-6,9,13-14H2,1-2H3. The van der Waals surface area contributed by atoms with Crippen LogP contribution in [0.15, 0.2) is 35.5 Å². The third-order valence-corrected chi connectivity index (χ3v) is 7.09. The molecule has 5 heterocycles. The number of nitrogens with zero attached hydrogens (tertiary/aromatic N) is 5. The van der Waals surface area contributed by atoms with E-state index < -0.39 is 0 Å². The molecule has 4 aliphatic rings. The fourth-order valence-corrected chi connectivity index (χ4v) is 5.21. The van der Waals surface area contributed by atoms with E-state index in [9.17, 15) is 4.79 Å². The molecule has 2 bridgehead atoms. The first kappa shape index (κ1) is 21.3. The van der Waals surface area contributed by atoms with Gasteiger partial charge in [0.25, 0.3) is 5.56 Å². The molecule has 2 atom stereocenters. The van der Waals surface area contributed by atoms with E-state index in [-0.39, 0.29) is 17.8 Å². The summed E-state index contributed by atoms with van der Waals surface area (Å²) in [7, 11) is 1.77. The highest BCUT2D eigenvalue weighted by molar-refractivity contribution is 5.86. The summed E-state index contributed by atoms with van der Waals surface area (Å²) < 4.78 is 19.9. The van der Waals surface area contributed by atoms with Crippen molar-refractivity contribution in [1.82, 2.24) is 19.5 Å². The number of hydrogen-bond acceptors (Lipinski definition) is 8. The van der Waals surface area contributed by atoms with Gasteiger partial charge in [0, 0.05) is 50.7 Å². The topological polar surface area (TPSA) is 91.6 Å². The molecule has 34 heavy (non-hydrogen) atoms. The maximum atomic E-state index is 12.3. The largest absolute Gasteiger partial charge is 0.488 e. The molecule has 3 aromatic rings. The lowest BCUT2D eigenvalue weighted by molar-refractivity contribution is -0.133. The maximum absolute atomic E-state index is 12.3. The van der Waals surface area contributed by atoms with E-state index in [1.807, 2.05) is 6.92 Å². The van der Waals surface area contributed by atoms with Crippen molar-refractivity contribution in [2.24, 2.45) is 7.05 Å². The minimum atomic E-state index is -0.145. The van der Waals surface area contributed by atoms with Crippen LogP contribution in [0.3, 0.4) is 0 Å². The third kappa shape index (κ3) is 4.09. The summed E-state index contributed by atoms with van der Waals surface area (Å²) in [5.41, 5.74) is 3.44. The van der Waals surface area contributed by atoms with Crippen LogP contribution in [0.2, 0.25) is 0 Å². The van der Waals surface area contributed by atoms with Crippen molar-refractivity contribution in [3.8, 4) is 11.8 Å². The fourth-order valence-electron chi connectivity index (χ4n) is 5.21. The molecular formula is C25H29N5O4. The van der Waals surface area contributed by atoms with Crippen molar-refractivity contribution < 1.29 is 14.2 Å². The smallest absolute Gasteiger partial charge is 0.316 e. The molecule has 2 unspecified atom stereocenters. The molecule has 0 amide bonds. The normalized spacial score (nSPS) is 26.2. The molecule has 1 saturated carbocycles. The summed E-state index contributed by atoms with van der Waals surface area (Å²) in [5, 5.41) is 0. The molecule has 2 aromatic heterocycles. The van der Waals surface area contributed by atoms with Gasteiger partial charge in [-0.2, -0.15) is 0 Å². The Bertz CT molecular complexity index is 1240. The number of rotatable bonds is 5. The monoisotopic (exact) mass is 463 g/mol. The first-order valence-corrected chi connectivity index (χ1v) is 12.0. The Morgan fingerprint density at radius 2 is 1.59 bits per heavy atom. The minimum absolute atomic E-state index is 0.0469. The van der Waals surface area contributed by atoms with E-state index in [0.29, 0.717) is 24.0 Å². The highest BCUT2D eigenvalue weighted by Gasteiger charge is 2.38. The molecule has 1 aliphatic carbocycles. The van der Waals surface area contributed by atoms with Crippen molar-refractivity contribution >= 4 is 16.7 Å². The molecular weight excluding hydrogens is 434 g/mol. The van der Waals surface area contributed by atoms with Gasteiger partial charge in [-0.15, -0.1) is 0 Å². The van der Waals surface area contributed by atoms with Crippen LogP contribution in [-0.4, -0.2) is 57.0 Å². The molecule has 9 heteroatoms. The average molecular weight is 464 g/mol. The summed E-state index contributed by atoms with van der Waals surface area (Å²) in [4.78, 5) is 27.6. The van der Waals surface area contributed by atoms with Gasteiger partial charge in [-0.1, -0.05) is 0 Å². The third-order valence-electron chi connectivity index (χ3n) is 7.09. The van der Waals surface area contributed by atoms with Gasteiger partial charge in [0.1, 0.15) is 17.4 Å². The van der Waals surface area contributed by atoms with Gasteiger partial charge in [-0.05, 0) is 44.2 Å². The SMILES string of the molecule is Cc1cnc(OC2CCC(Oc3cc(N4CC5CC(C4)O5)cc4ncc(=O)n(C)c34)CC2)nc1. The zero-order chi connectivity index (χ0) is 23.2. The van der Waals surface area contributed by atoms with Crippen molar-refractivity contribution in [1.29, 1.82) is 0 Å². The molecule has 4 fully saturated rings. The lowest BCUT2D eigenvalue weighted by Crippen LogP contribution is -2.57. The van der Waals surface area contributed by atoms with Crippen LogP contribution >= 0.6 is 0 Å². The average Bonchev–Trinajstić information content (AvgIpc) is 2.83. The van der Waals surface area contributed by atoms with Crippen molar-refractivity contribution in [2.75, 3.05) is 18.0 Å². The van der Waals surface area contributed by atoms with Gasteiger partial charge in [-0.25, -0.2) is 15.0 Å². The molecule has 3 saturated heterocycles. The summed E-state index contributed by atoms with van der Waals surface area (Å²) >= 11 is 0. The van der Waals surface area contributed by atoms with Gasteiger partial charge in [0.15, 0.2) is 0 Å². The number of piperidine rings is 1. The lowest BCUT2D eigenvalue weighted by Gasteiger charge is -2.48. The molecule has 7 rings (SSSR count). The second kappa shape index (κ2) is 8.54. The number of hydrogen-bond donors (Lipinski definition) is 0. The van der Waals surface area contributed by atoms with Crippen molar-refractivity contribution in [2.45, 2.75) is 63.4 Å². The van der Waals surface area contributed by atoms with Gasteiger partial charge in [0.2, 0.25) is 0 Å². The van der Waals surface area contributed by atoms with E-state index in [1.165, 1.54) is 6.20 Å². The predicted molar refractivity (Wildman–Crippen MR) is 127 cm³/mol. The Morgan fingerprint density at radius 1 is 0.941 bits per heavy atom. The van der Waals surface area contributed by atoms with E-state index in [4.69, 9.17) is 14.2 Å². The van der Waals surface area contributed by atoms with Crippen LogP contribution in [0.25, 0.3) is 11.0 Å². The lowest BCUT2D eigenvalue weighted by atomic mass is 9.95. The van der Waals surface area contributed by atoms with Crippen LogP contribution < -0.4 is 19.9 Å². The fraction of sp³-hybridized carbons (Fsp3) is 0.520. The van der Waals surface area contributed by atoms with E-state index in [2.05, 4.69) is 32.0 Å². The van der Waals surface area contributed by atoms with Gasteiger partial charge in [0.05, 0.1) is 30.0 Å². The summed E-state index contributed by atoms with van der Waals surface area (Å²) in [6.07, 6.45) is 10.2. The molecule has 178 valence electrons. The summed E-state index contributed by atoms with van der Waals surface area (Å²) in [5.74, 6) is 0.714. The second-order valence-electron chi connectivity index (χ2n) is 9.67. The molecule has 1 aromatic carbocycles. The molecule has 9 nitrogen and oxygen atoms in total. The van der Waals surface area contributed by atoms with Gasteiger partial charge < -0.3 is 23.7 Å². The molecule has 3 aliphatic heterocycles. The minimum Gasteiger partial charge on any atom is -0.488 e. The number of aromatic nitrogens is 4. The van der Waals surface area contributed by atoms with Crippen molar-refractivity contribution in [3.63, 3.8) is 0 Å². The highest BCUT2D eigenvalue weighted by atomic mass is 16.5. The number of benzene rings is 1. The Kier molecular flexibility index (Phi) is 5.36. The van der Waals surface area contributed by atoms with Gasteiger partial charge >= 0.3 is 6.01 Å².